The summed E-state index contributed by atoms with van der Waals surface area (Å²) in [5, 5.41) is 20.1. The zero-order valence-electron chi connectivity index (χ0n) is 23.3. The average molecular weight is 473 g/mol. The second-order valence-electron chi connectivity index (χ2n) is 14.6. The van der Waals surface area contributed by atoms with E-state index in [0.717, 1.165) is 31.1 Å². The molecule has 4 saturated carbocycles. The minimum absolute atomic E-state index is 0.0182. The maximum Gasteiger partial charge on any atom is 0.330 e. The molecule has 4 fully saturated rings. The Balaban J connectivity index is 1.59. The van der Waals surface area contributed by atoms with Crippen LogP contribution in [0.2, 0.25) is 0 Å². The van der Waals surface area contributed by atoms with Crippen molar-refractivity contribution >= 4 is 5.97 Å². The lowest BCUT2D eigenvalue weighted by Gasteiger charge is -2.72. The summed E-state index contributed by atoms with van der Waals surface area (Å²) in [5.41, 5.74) is 1.90. The molecular formula is C31H52O3. The van der Waals surface area contributed by atoms with Crippen molar-refractivity contribution in [2.45, 2.75) is 126 Å². The summed E-state index contributed by atoms with van der Waals surface area (Å²) in [6.45, 7) is 19.4. The third-order valence-corrected chi connectivity index (χ3v) is 13.4. The summed E-state index contributed by atoms with van der Waals surface area (Å²) in [6, 6.07) is 0. The smallest absolute Gasteiger partial charge is 0.330 e. The maximum absolute atomic E-state index is 11.2. The van der Waals surface area contributed by atoms with Gasteiger partial charge in [0.25, 0.3) is 0 Å². The predicted octanol–water partition coefficient (Wildman–Crippen LogP) is 7.87. The molecule has 9 atom stereocenters. The molecule has 0 aromatic carbocycles. The average Bonchev–Trinajstić information content (AvgIpc) is 3.03. The first kappa shape index (κ1) is 26.2. The van der Waals surface area contributed by atoms with Gasteiger partial charge in [-0.25, -0.2) is 4.79 Å². The molecule has 4 unspecified atom stereocenters. The van der Waals surface area contributed by atoms with E-state index in [1.807, 2.05) is 6.08 Å². The van der Waals surface area contributed by atoms with Crippen LogP contribution in [0.25, 0.3) is 0 Å². The highest BCUT2D eigenvalue weighted by Crippen LogP contribution is 2.79. The molecule has 34 heavy (non-hydrogen) atoms. The maximum atomic E-state index is 11.2. The van der Waals surface area contributed by atoms with E-state index in [9.17, 15) is 15.0 Å². The molecule has 0 heterocycles. The Morgan fingerprint density at radius 1 is 0.912 bits per heavy atom. The van der Waals surface area contributed by atoms with Crippen LogP contribution in [0.15, 0.2) is 11.6 Å². The number of carboxylic acids is 1. The molecule has 4 rings (SSSR count). The van der Waals surface area contributed by atoms with Gasteiger partial charge in [-0.05, 0) is 122 Å². The zero-order chi connectivity index (χ0) is 25.3. The molecule has 0 amide bonds. The van der Waals surface area contributed by atoms with Gasteiger partial charge >= 0.3 is 5.97 Å². The fourth-order valence-corrected chi connectivity index (χ4v) is 10.9. The van der Waals surface area contributed by atoms with Crippen LogP contribution in [-0.2, 0) is 4.79 Å². The SMILES string of the molecule is C/C(=C\CCC(C)C1CC[C@@]2(C)[C@@]1(C)CCC1[C@@]3(C)CC[C@H](O)C(C)(C)C3CC[C@]12C)C(=O)O. The van der Waals surface area contributed by atoms with Gasteiger partial charge in [-0.15, -0.1) is 0 Å². The number of hydrogen-bond acceptors (Lipinski definition) is 2. The Hall–Kier alpha value is -0.830. The van der Waals surface area contributed by atoms with E-state index in [2.05, 4.69) is 48.5 Å². The van der Waals surface area contributed by atoms with Crippen LogP contribution in [0.4, 0.5) is 0 Å². The fourth-order valence-electron chi connectivity index (χ4n) is 10.9. The standard InChI is InChI=1S/C31H52O3/c1-20(10-9-11-21(2)26(33)34)22-12-19-31(8)29(22,6)17-14-24-28(5)16-15-25(32)27(3,4)23(28)13-18-30(24,31)7/h11,20,22-25,32H,9-10,12-19H2,1-8H3,(H,33,34)/b21-11+/t20?,22?,23?,24?,25-,28-,29-,30+,31-/m0/s1. The Bertz CT molecular complexity index is 844. The lowest BCUT2D eigenvalue weighted by Crippen LogP contribution is -2.65. The highest BCUT2D eigenvalue weighted by atomic mass is 16.4. The van der Waals surface area contributed by atoms with Crippen LogP contribution in [0.1, 0.15) is 120 Å². The molecule has 3 nitrogen and oxygen atoms in total. The molecule has 0 spiro atoms. The summed E-state index contributed by atoms with van der Waals surface area (Å²) < 4.78 is 0. The van der Waals surface area contributed by atoms with Gasteiger partial charge in [-0.3, -0.25) is 0 Å². The number of hydrogen-bond donors (Lipinski definition) is 2. The third kappa shape index (κ3) is 3.41. The van der Waals surface area contributed by atoms with E-state index in [4.69, 9.17) is 0 Å². The highest BCUT2D eigenvalue weighted by molar-refractivity contribution is 5.85. The second kappa shape index (κ2) is 8.35. The normalized spacial score (nSPS) is 49.0. The molecule has 0 aromatic heterocycles. The van der Waals surface area contributed by atoms with Gasteiger partial charge in [0.2, 0.25) is 0 Å². The molecular weight excluding hydrogens is 420 g/mol. The minimum Gasteiger partial charge on any atom is -0.478 e. The van der Waals surface area contributed by atoms with E-state index in [-0.39, 0.29) is 11.5 Å². The van der Waals surface area contributed by atoms with Crippen LogP contribution in [0.3, 0.4) is 0 Å². The Morgan fingerprint density at radius 2 is 1.53 bits per heavy atom. The predicted molar refractivity (Wildman–Crippen MR) is 139 cm³/mol. The van der Waals surface area contributed by atoms with Gasteiger partial charge in [-0.2, -0.15) is 0 Å². The number of fused-ring (bicyclic) bond motifs is 5. The van der Waals surface area contributed by atoms with Crippen LogP contribution >= 0.6 is 0 Å². The van der Waals surface area contributed by atoms with Crippen molar-refractivity contribution in [2.75, 3.05) is 0 Å². The zero-order valence-corrected chi connectivity index (χ0v) is 23.3. The summed E-state index contributed by atoms with van der Waals surface area (Å²) in [5.74, 6) is 1.93. The molecule has 0 aromatic rings. The molecule has 4 aliphatic rings. The number of carboxylic acid groups (broad SMARTS) is 1. The van der Waals surface area contributed by atoms with Crippen molar-refractivity contribution in [3.05, 3.63) is 11.6 Å². The molecule has 194 valence electrons. The van der Waals surface area contributed by atoms with Crippen molar-refractivity contribution in [3.8, 4) is 0 Å². The van der Waals surface area contributed by atoms with Crippen LogP contribution in [0, 0.1) is 50.7 Å². The van der Waals surface area contributed by atoms with Crippen LogP contribution < -0.4 is 0 Å². The topological polar surface area (TPSA) is 57.5 Å². The highest BCUT2D eigenvalue weighted by Gasteiger charge is 2.71. The van der Waals surface area contributed by atoms with E-state index in [1.54, 1.807) is 6.92 Å². The molecule has 0 bridgehead atoms. The number of aliphatic carboxylic acids is 1. The quantitative estimate of drug-likeness (QED) is 0.400. The summed E-state index contributed by atoms with van der Waals surface area (Å²) >= 11 is 0. The first-order chi connectivity index (χ1) is 15.6. The van der Waals surface area contributed by atoms with Gasteiger partial charge in [0.1, 0.15) is 0 Å². The summed E-state index contributed by atoms with van der Waals surface area (Å²) in [6.07, 6.45) is 13.8. The number of aliphatic hydroxyl groups is 1. The molecule has 2 N–H and O–H groups in total. The second-order valence-corrected chi connectivity index (χ2v) is 14.6. The van der Waals surface area contributed by atoms with Gasteiger partial charge in [-0.1, -0.05) is 54.5 Å². The van der Waals surface area contributed by atoms with Crippen molar-refractivity contribution < 1.29 is 15.0 Å². The van der Waals surface area contributed by atoms with E-state index >= 15 is 0 Å². The molecule has 4 aliphatic carbocycles. The van der Waals surface area contributed by atoms with Gasteiger partial charge < -0.3 is 10.2 Å². The Morgan fingerprint density at radius 3 is 2.18 bits per heavy atom. The van der Waals surface area contributed by atoms with Gasteiger partial charge in [0.05, 0.1) is 6.10 Å². The molecule has 0 saturated heterocycles. The largest absolute Gasteiger partial charge is 0.478 e. The first-order valence-corrected chi connectivity index (χ1v) is 14.2. The van der Waals surface area contributed by atoms with Crippen LogP contribution in [-0.4, -0.2) is 22.3 Å². The lowest BCUT2D eigenvalue weighted by atomic mass is 9.33. The Kier molecular flexibility index (Phi) is 6.45. The monoisotopic (exact) mass is 472 g/mol. The van der Waals surface area contributed by atoms with E-state index < -0.39 is 5.97 Å². The summed E-state index contributed by atoms with van der Waals surface area (Å²) in [7, 11) is 0. The van der Waals surface area contributed by atoms with E-state index in [1.165, 1.54) is 44.9 Å². The fraction of sp³-hybridized carbons (Fsp3) is 0.903. The van der Waals surface area contributed by atoms with Crippen molar-refractivity contribution in [1.82, 2.24) is 0 Å². The number of aliphatic hydroxyl groups excluding tert-OH is 1. The number of carbonyl (C=O) groups is 1. The molecule has 0 radical (unpaired) electrons. The van der Waals surface area contributed by atoms with Crippen molar-refractivity contribution in [1.29, 1.82) is 0 Å². The van der Waals surface area contributed by atoms with E-state index in [0.29, 0.717) is 39.1 Å². The van der Waals surface area contributed by atoms with Crippen LogP contribution in [0.5, 0.6) is 0 Å². The van der Waals surface area contributed by atoms with Crippen molar-refractivity contribution in [3.63, 3.8) is 0 Å². The third-order valence-electron chi connectivity index (χ3n) is 13.4. The number of allylic oxidation sites excluding steroid dienone is 1. The first-order valence-electron chi connectivity index (χ1n) is 14.2. The summed E-state index contributed by atoms with van der Waals surface area (Å²) in [4.78, 5) is 11.2. The molecule has 0 aliphatic heterocycles. The van der Waals surface area contributed by atoms with Gasteiger partial charge in [0.15, 0.2) is 0 Å². The lowest BCUT2D eigenvalue weighted by molar-refractivity contribution is -0.240. The Labute approximate surface area is 209 Å². The van der Waals surface area contributed by atoms with Gasteiger partial charge in [0, 0.05) is 5.57 Å². The minimum atomic E-state index is -0.790. The molecule has 3 heteroatoms. The van der Waals surface area contributed by atoms with Crippen molar-refractivity contribution in [2.24, 2.45) is 50.7 Å². The number of rotatable bonds is 5.